The predicted octanol–water partition coefficient (Wildman–Crippen LogP) is 4.47. The van der Waals surface area contributed by atoms with Crippen LogP contribution < -0.4 is 0 Å². The normalized spacial score (nSPS) is 32.3. The number of aliphatic hydroxyl groups is 2. The van der Waals surface area contributed by atoms with Gasteiger partial charge in [-0.05, 0) is 76.5 Å². The summed E-state index contributed by atoms with van der Waals surface area (Å²) in [6.45, 7) is 5.67. The Morgan fingerprint density at radius 3 is 2.62 bits per heavy atom. The summed E-state index contributed by atoms with van der Waals surface area (Å²) >= 11 is 0. The van der Waals surface area contributed by atoms with E-state index >= 15 is 0 Å². The van der Waals surface area contributed by atoms with Gasteiger partial charge in [-0.25, -0.2) is 0 Å². The molecule has 5 atom stereocenters. The molecular weight excluding hydrogens is 362 g/mol. The van der Waals surface area contributed by atoms with Gasteiger partial charge in [-0.2, -0.15) is 0 Å². The molecule has 164 valence electrons. The highest BCUT2D eigenvalue weighted by molar-refractivity contribution is 5.76. The summed E-state index contributed by atoms with van der Waals surface area (Å²) in [5, 5.41) is 21.0. The second-order valence-corrected chi connectivity index (χ2v) is 9.45. The largest absolute Gasteiger partial charge is 0.392 e. The van der Waals surface area contributed by atoms with E-state index in [1.807, 2.05) is 24.8 Å². The number of allylic oxidation sites excluding steroid dienone is 2. The number of fused-ring (bicyclic) bond motifs is 1. The summed E-state index contributed by atoms with van der Waals surface area (Å²) in [6.07, 6.45) is 16.2. The van der Waals surface area contributed by atoms with Crippen LogP contribution >= 0.6 is 0 Å². The van der Waals surface area contributed by atoms with Crippen molar-refractivity contribution in [3.8, 4) is 0 Å². The number of nitrogens with zero attached hydrogens (tertiary/aromatic N) is 1. The fraction of sp³-hybridized carbons (Fsp3) is 0.800. The fourth-order valence-electron chi connectivity index (χ4n) is 5.93. The standard InChI is InChI=1S/C25H41NO3/c1-3-26(4-2)25(29)12-8-5-9-18-15-20-17-24(28)21(22(20)16-18)13-14-23(27)19-10-6-7-11-19/h9,13-14,19-24,27-28H,3-8,10-12,15-17H2,1-2H3/b14-13+,18-9+/t20-,21+,22-,23+,24+/m0/s1. The topological polar surface area (TPSA) is 60.8 Å². The summed E-state index contributed by atoms with van der Waals surface area (Å²) in [5.74, 6) is 1.96. The highest BCUT2D eigenvalue weighted by atomic mass is 16.3. The van der Waals surface area contributed by atoms with Gasteiger partial charge in [0.1, 0.15) is 0 Å². The zero-order valence-electron chi connectivity index (χ0n) is 18.4. The van der Waals surface area contributed by atoms with Gasteiger partial charge < -0.3 is 15.1 Å². The lowest BCUT2D eigenvalue weighted by Gasteiger charge is -2.19. The molecule has 29 heavy (non-hydrogen) atoms. The minimum atomic E-state index is -0.344. The lowest BCUT2D eigenvalue weighted by atomic mass is 9.89. The zero-order chi connectivity index (χ0) is 20.8. The first-order valence-electron chi connectivity index (χ1n) is 12.0. The van der Waals surface area contributed by atoms with Crippen molar-refractivity contribution in [2.75, 3.05) is 13.1 Å². The molecule has 3 fully saturated rings. The Balaban J connectivity index is 1.47. The number of amides is 1. The third kappa shape index (κ3) is 5.73. The quantitative estimate of drug-likeness (QED) is 0.441. The van der Waals surface area contributed by atoms with Crippen LogP contribution in [0.5, 0.6) is 0 Å². The van der Waals surface area contributed by atoms with Gasteiger partial charge in [-0.15, -0.1) is 0 Å². The summed E-state index contributed by atoms with van der Waals surface area (Å²) in [7, 11) is 0. The second-order valence-electron chi connectivity index (χ2n) is 9.45. The zero-order valence-corrected chi connectivity index (χ0v) is 18.4. The minimum absolute atomic E-state index is 0.186. The molecule has 3 saturated carbocycles. The van der Waals surface area contributed by atoms with E-state index < -0.39 is 0 Å². The van der Waals surface area contributed by atoms with Crippen molar-refractivity contribution in [2.45, 2.75) is 90.3 Å². The predicted molar refractivity (Wildman–Crippen MR) is 117 cm³/mol. The highest BCUT2D eigenvalue weighted by Crippen LogP contribution is 2.50. The van der Waals surface area contributed by atoms with E-state index in [0.29, 0.717) is 24.2 Å². The van der Waals surface area contributed by atoms with Gasteiger partial charge in [-0.3, -0.25) is 4.79 Å². The lowest BCUT2D eigenvalue weighted by molar-refractivity contribution is -0.130. The van der Waals surface area contributed by atoms with Crippen LogP contribution in [0.1, 0.15) is 78.1 Å². The van der Waals surface area contributed by atoms with Gasteiger partial charge in [0.15, 0.2) is 0 Å². The molecule has 0 bridgehead atoms. The molecule has 0 aromatic carbocycles. The molecule has 4 nitrogen and oxygen atoms in total. The van der Waals surface area contributed by atoms with Crippen LogP contribution in [0.15, 0.2) is 23.8 Å². The van der Waals surface area contributed by atoms with Crippen LogP contribution in [-0.2, 0) is 4.79 Å². The lowest BCUT2D eigenvalue weighted by Crippen LogP contribution is -2.30. The third-order valence-electron chi connectivity index (χ3n) is 7.67. The molecule has 3 rings (SSSR count). The van der Waals surface area contributed by atoms with Crippen molar-refractivity contribution >= 4 is 5.91 Å². The van der Waals surface area contributed by atoms with E-state index in [9.17, 15) is 15.0 Å². The first-order valence-corrected chi connectivity index (χ1v) is 12.0. The van der Waals surface area contributed by atoms with Crippen molar-refractivity contribution in [3.05, 3.63) is 23.8 Å². The molecule has 1 amide bonds. The number of hydrogen-bond acceptors (Lipinski definition) is 3. The molecule has 0 aliphatic heterocycles. The maximum atomic E-state index is 12.1. The SMILES string of the molecule is CCN(CC)C(=O)CCC/C=C1\C[C@H]2C[C@@H](O)[C@H](/C=C/[C@@H](O)C3CCCC3)[C@H]2C1. The Morgan fingerprint density at radius 2 is 1.93 bits per heavy atom. The van der Waals surface area contributed by atoms with E-state index in [2.05, 4.69) is 12.2 Å². The smallest absolute Gasteiger partial charge is 0.222 e. The number of hydrogen-bond donors (Lipinski definition) is 2. The van der Waals surface area contributed by atoms with E-state index in [0.717, 1.165) is 58.0 Å². The molecular formula is C25H41NO3. The first kappa shape index (κ1) is 22.6. The van der Waals surface area contributed by atoms with Crippen LogP contribution in [0.3, 0.4) is 0 Å². The van der Waals surface area contributed by atoms with Crippen molar-refractivity contribution in [1.29, 1.82) is 0 Å². The summed E-state index contributed by atoms with van der Waals surface area (Å²) in [4.78, 5) is 14.0. The first-order chi connectivity index (χ1) is 14.0. The second kappa shape index (κ2) is 10.8. The Morgan fingerprint density at radius 1 is 1.21 bits per heavy atom. The maximum Gasteiger partial charge on any atom is 0.222 e. The molecule has 3 aliphatic rings. The third-order valence-corrected chi connectivity index (χ3v) is 7.67. The van der Waals surface area contributed by atoms with Crippen LogP contribution in [0.4, 0.5) is 0 Å². The van der Waals surface area contributed by atoms with Crippen molar-refractivity contribution in [1.82, 2.24) is 4.90 Å². The molecule has 4 heteroatoms. The molecule has 2 N–H and O–H groups in total. The summed E-state index contributed by atoms with van der Waals surface area (Å²) in [5.41, 5.74) is 1.51. The number of carbonyl (C=O) groups excluding carboxylic acids is 1. The van der Waals surface area contributed by atoms with E-state index in [1.54, 1.807) is 0 Å². The molecule has 0 radical (unpaired) electrons. The monoisotopic (exact) mass is 403 g/mol. The number of carbonyl (C=O) groups is 1. The molecule has 0 unspecified atom stereocenters. The molecule has 0 heterocycles. The highest BCUT2D eigenvalue weighted by Gasteiger charge is 2.45. The minimum Gasteiger partial charge on any atom is -0.392 e. The number of rotatable bonds is 9. The van der Waals surface area contributed by atoms with E-state index in [1.165, 1.54) is 18.4 Å². The van der Waals surface area contributed by atoms with E-state index in [-0.39, 0.29) is 24.0 Å². The molecule has 3 aliphatic carbocycles. The molecule has 0 aromatic heterocycles. The number of aliphatic hydroxyl groups excluding tert-OH is 2. The molecule has 0 spiro atoms. The van der Waals surface area contributed by atoms with Gasteiger partial charge in [0.2, 0.25) is 5.91 Å². The van der Waals surface area contributed by atoms with Crippen LogP contribution in [0.2, 0.25) is 0 Å². The Hall–Kier alpha value is -1.13. The Kier molecular flexibility index (Phi) is 8.37. The molecule has 0 aromatic rings. The average molecular weight is 404 g/mol. The number of unbranched alkanes of at least 4 members (excludes halogenated alkanes) is 1. The fourth-order valence-corrected chi connectivity index (χ4v) is 5.93. The summed E-state index contributed by atoms with van der Waals surface area (Å²) < 4.78 is 0. The van der Waals surface area contributed by atoms with Crippen LogP contribution in [0.25, 0.3) is 0 Å². The van der Waals surface area contributed by atoms with Crippen molar-refractivity contribution in [2.24, 2.45) is 23.7 Å². The van der Waals surface area contributed by atoms with Crippen LogP contribution in [-0.4, -0.2) is 46.3 Å². The summed E-state index contributed by atoms with van der Waals surface area (Å²) in [6, 6.07) is 0. The van der Waals surface area contributed by atoms with Gasteiger partial charge in [-0.1, -0.05) is 36.6 Å². The Labute approximate surface area is 177 Å². The van der Waals surface area contributed by atoms with E-state index in [4.69, 9.17) is 0 Å². The van der Waals surface area contributed by atoms with Gasteiger partial charge in [0.25, 0.3) is 0 Å². The van der Waals surface area contributed by atoms with Crippen LogP contribution in [0, 0.1) is 23.7 Å². The van der Waals surface area contributed by atoms with Crippen molar-refractivity contribution < 1.29 is 15.0 Å². The maximum absolute atomic E-state index is 12.1. The average Bonchev–Trinajstić information content (AvgIpc) is 3.42. The van der Waals surface area contributed by atoms with Gasteiger partial charge >= 0.3 is 0 Å². The van der Waals surface area contributed by atoms with Gasteiger partial charge in [0.05, 0.1) is 12.2 Å². The van der Waals surface area contributed by atoms with Gasteiger partial charge in [0, 0.05) is 25.4 Å². The Bertz CT molecular complexity index is 589. The molecule has 0 saturated heterocycles. The van der Waals surface area contributed by atoms with Crippen molar-refractivity contribution in [3.63, 3.8) is 0 Å².